The Morgan fingerprint density at radius 3 is 1.64 bits per heavy atom. The molecular weight excluding hydrogens is 723 g/mol. The highest BCUT2D eigenvalue weighted by molar-refractivity contribution is 6.14. The van der Waals surface area contributed by atoms with Crippen molar-refractivity contribution in [3.05, 3.63) is 187 Å². The maximum Gasteiger partial charge on any atom is 0.164 e. The SMILES string of the molecule is CC1(C)c2ccccc2-c2c(-c3ccc(-c4ccc5oc6cccc(-c7nc(-c8ccccc8)nc(-c8cccc9oc%10ccccc%10c89)n7)c6c5c4)cc3)cccc21. The molecule has 1 aliphatic carbocycles. The molecule has 11 aromatic rings. The van der Waals surface area contributed by atoms with Gasteiger partial charge in [0.15, 0.2) is 17.5 Å². The molecule has 3 heterocycles. The van der Waals surface area contributed by atoms with Gasteiger partial charge in [0.25, 0.3) is 0 Å². The van der Waals surface area contributed by atoms with Crippen molar-refractivity contribution < 1.29 is 8.83 Å². The van der Waals surface area contributed by atoms with Gasteiger partial charge in [-0.2, -0.15) is 0 Å². The minimum Gasteiger partial charge on any atom is -0.456 e. The Kier molecular flexibility index (Phi) is 7.20. The Morgan fingerprint density at radius 1 is 0.356 bits per heavy atom. The molecule has 0 unspecified atom stereocenters. The summed E-state index contributed by atoms with van der Waals surface area (Å²) in [5.74, 6) is 1.74. The van der Waals surface area contributed by atoms with Gasteiger partial charge in [-0.1, -0.05) is 159 Å². The summed E-state index contributed by atoms with van der Waals surface area (Å²) in [6, 6.07) is 61.3. The fourth-order valence-corrected chi connectivity index (χ4v) is 9.32. The van der Waals surface area contributed by atoms with E-state index in [4.69, 9.17) is 23.8 Å². The smallest absolute Gasteiger partial charge is 0.164 e. The fourth-order valence-electron chi connectivity index (χ4n) is 9.32. The van der Waals surface area contributed by atoms with Crippen molar-refractivity contribution in [2.45, 2.75) is 19.3 Å². The van der Waals surface area contributed by atoms with Crippen LogP contribution in [0.25, 0.3) is 111 Å². The van der Waals surface area contributed by atoms with Crippen LogP contribution < -0.4 is 0 Å². The number of benzene rings is 8. The first-order chi connectivity index (χ1) is 29.0. The van der Waals surface area contributed by atoms with E-state index < -0.39 is 0 Å². The monoisotopic (exact) mass is 757 g/mol. The first kappa shape index (κ1) is 33.5. The number of fused-ring (bicyclic) bond motifs is 9. The number of hydrogen-bond donors (Lipinski definition) is 0. The van der Waals surface area contributed by atoms with E-state index in [2.05, 4.69) is 117 Å². The van der Waals surface area contributed by atoms with Crippen LogP contribution in [0.4, 0.5) is 0 Å². The molecular formula is C54H35N3O2. The lowest BCUT2D eigenvalue weighted by atomic mass is 9.82. The van der Waals surface area contributed by atoms with Gasteiger partial charge in [0, 0.05) is 43.7 Å². The Bertz CT molecular complexity index is 3470. The topological polar surface area (TPSA) is 65.0 Å². The van der Waals surface area contributed by atoms with Crippen LogP contribution in [0.2, 0.25) is 0 Å². The highest BCUT2D eigenvalue weighted by Gasteiger charge is 2.36. The molecule has 0 radical (unpaired) electrons. The summed E-state index contributed by atoms with van der Waals surface area (Å²) in [7, 11) is 0. The van der Waals surface area contributed by atoms with E-state index in [1.165, 1.54) is 33.4 Å². The highest BCUT2D eigenvalue weighted by Crippen LogP contribution is 2.52. The van der Waals surface area contributed by atoms with Crippen LogP contribution >= 0.6 is 0 Å². The molecule has 12 rings (SSSR count). The van der Waals surface area contributed by atoms with Gasteiger partial charge in [-0.05, 0) is 74.8 Å². The number of para-hydroxylation sites is 1. The summed E-state index contributed by atoms with van der Waals surface area (Å²) in [5, 5.41) is 3.97. The lowest BCUT2D eigenvalue weighted by Gasteiger charge is -2.21. The molecule has 0 saturated carbocycles. The molecule has 0 amide bonds. The van der Waals surface area contributed by atoms with Gasteiger partial charge in [0.1, 0.15) is 22.3 Å². The third-order valence-electron chi connectivity index (χ3n) is 12.2. The molecule has 1 aliphatic rings. The summed E-state index contributed by atoms with van der Waals surface area (Å²) in [6.45, 7) is 4.66. The van der Waals surface area contributed by atoms with Crippen molar-refractivity contribution in [3.63, 3.8) is 0 Å². The van der Waals surface area contributed by atoms with E-state index in [0.717, 1.165) is 71.7 Å². The molecule has 0 N–H and O–H groups in total. The number of aromatic nitrogens is 3. The van der Waals surface area contributed by atoms with E-state index in [9.17, 15) is 0 Å². The maximum absolute atomic E-state index is 6.51. The summed E-state index contributed by atoms with van der Waals surface area (Å²) >= 11 is 0. The lowest BCUT2D eigenvalue weighted by Crippen LogP contribution is -2.14. The molecule has 59 heavy (non-hydrogen) atoms. The van der Waals surface area contributed by atoms with Crippen molar-refractivity contribution in [3.8, 4) is 67.5 Å². The molecule has 278 valence electrons. The Balaban J connectivity index is 0.996. The molecule has 0 spiro atoms. The average Bonchev–Trinajstić information content (AvgIpc) is 3.94. The second-order valence-corrected chi connectivity index (χ2v) is 15.9. The lowest BCUT2D eigenvalue weighted by molar-refractivity contribution is 0.660. The fraction of sp³-hybridized carbons (Fsp3) is 0.0556. The zero-order valence-electron chi connectivity index (χ0n) is 32.4. The van der Waals surface area contributed by atoms with Crippen molar-refractivity contribution in [2.24, 2.45) is 0 Å². The minimum atomic E-state index is -0.0434. The molecule has 0 saturated heterocycles. The van der Waals surface area contributed by atoms with Gasteiger partial charge in [-0.25, -0.2) is 15.0 Å². The zero-order chi connectivity index (χ0) is 39.2. The molecule has 3 aromatic heterocycles. The molecule has 5 heteroatoms. The highest BCUT2D eigenvalue weighted by atomic mass is 16.3. The average molecular weight is 758 g/mol. The number of nitrogens with zero attached hydrogens (tertiary/aromatic N) is 3. The van der Waals surface area contributed by atoms with Gasteiger partial charge in [-0.3, -0.25) is 0 Å². The van der Waals surface area contributed by atoms with Gasteiger partial charge >= 0.3 is 0 Å². The molecule has 8 aromatic carbocycles. The first-order valence-corrected chi connectivity index (χ1v) is 20.0. The number of rotatable bonds is 5. The van der Waals surface area contributed by atoms with Gasteiger partial charge in [-0.15, -0.1) is 0 Å². The van der Waals surface area contributed by atoms with Gasteiger partial charge in [0.05, 0.1) is 0 Å². The van der Waals surface area contributed by atoms with Crippen LogP contribution in [0.5, 0.6) is 0 Å². The van der Waals surface area contributed by atoms with Crippen LogP contribution in [0.15, 0.2) is 185 Å². The third-order valence-corrected chi connectivity index (χ3v) is 12.2. The largest absolute Gasteiger partial charge is 0.456 e. The Hall–Kier alpha value is -7.63. The molecule has 0 fully saturated rings. The zero-order valence-corrected chi connectivity index (χ0v) is 32.4. The standard InChI is InChI=1S/C54H35N3O2/c1-54(2)42-20-8-6-15-37(42)48-36(17-10-21-43(48)54)33-27-25-32(26-28-33)35-29-30-45-41(31-35)50-40(19-12-24-47(50)59-45)53-56-51(34-13-4-3-5-14-34)55-52(57-53)39-18-11-23-46-49(39)38-16-7-9-22-44(38)58-46/h3-31H,1-2H3. The normalized spacial score (nSPS) is 13.1. The number of furan rings is 2. The second-order valence-electron chi connectivity index (χ2n) is 15.9. The summed E-state index contributed by atoms with van der Waals surface area (Å²) in [6.07, 6.45) is 0. The summed E-state index contributed by atoms with van der Waals surface area (Å²) in [4.78, 5) is 15.5. The van der Waals surface area contributed by atoms with E-state index in [0.29, 0.717) is 17.5 Å². The Morgan fingerprint density at radius 2 is 0.881 bits per heavy atom. The molecule has 0 aliphatic heterocycles. The van der Waals surface area contributed by atoms with E-state index >= 15 is 0 Å². The van der Waals surface area contributed by atoms with Crippen molar-refractivity contribution in [2.75, 3.05) is 0 Å². The number of hydrogen-bond acceptors (Lipinski definition) is 5. The van der Waals surface area contributed by atoms with E-state index in [1.54, 1.807) is 0 Å². The van der Waals surface area contributed by atoms with Crippen molar-refractivity contribution >= 4 is 43.9 Å². The van der Waals surface area contributed by atoms with Crippen LogP contribution in [-0.2, 0) is 5.41 Å². The van der Waals surface area contributed by atoms with Crippen molar-refractivity contribution in [1.82, 2.24) is 15.0 Å². The second kappa shape index (κ2) is 12.7. The first-order valence-electron chi connectivity index (χ1n) is 20.0. The van der Waals surface area contributed by atoms with Crippen LogP contribution in [0.3, 0.4) is 0 Å². The maximum atomic E-state index is 6.51. The minimum absolute atomic E-state index is 0.0434. The third kappa shape index (κ3) is 5.14. The van der Waals surface area contributed by atoms with Gasteiger partial charge < -0.3 is 8.83 Å². The summed E-state index contributed by atoms with van der Waals surface area (Å²) in [5.41, 5.74) is 15.9. The molecule has 0 atom stereocenters. The van der Waals surface area contributed by atoms with Crippen LogP contribution in [-0.4, -0.2) is 15.0 Å². The van der Waals surface area contributed by atoms with Crippen LogP contribution in [0.1, 0.15) is 25.0 Å². The molecule has 0 bridgehead atoms. The Labute approximate surface area is 340 Å². The van der Waals surface area contributed by atoms with E-state index in [-0.39, 0.29) is 5.41 Å². The van der Waals surface area contributed by atoms with Crippen molar-refractivity contribution in [1.29, 1.82) is 0 Å². The predicted octanol–water partition coefficient (Wildman–Crippen LogP) is 14.3. The summed E-state index contributed by atoms with van der Waals surface area (Å²) < 4.78 is 12.8. The quantitative estimate of drug-likeness (QED) is 0.175. The van der Waals surface area contributed by atoms with Crippen LogP contribution in [0, 0.1) is 0 Å². The molecule has 5 nitrogen and oxygen atoms in total. The predicted molar refractivity (Wildman–Crippen MR) is 239 cm³/mol. The van der Waals surface area contributed by atoms with E-state index in [1.807, 2.05) is 72.8 Å². The van der Waals surface area contributed by atoms with Gasteiger partial charge in [0.2, 0.25) is 0 Å².